The van der Waals surface area contributed by atoms with Gasteiger partial charge in [0.25, 0.3) is 5.91 Å². The van der Waals surface area contributed by atoms with Gasteiger partial charge in [-0.2, -0.15) is 4.98 Å². The Morgan fingerprint density at radius 2 is 1.80 bits per heavy atom. The lowest BCUT2D eigenvalue weighted by atomic mass is 10.2. The quantitative estimate of drug-likeness (QED) is 0.550. The minimum Gasteiger partial charge on any atom is -0.494 e. The fourth-order valence-corrected chi connectivity index (χ4v) is 3.37. The molecule has 4 rings (SSSR count). The molecule has 0 saturated carbocycles. The van der Waals surface area contributed by atoms with Crippen LogP contribution < -0.4 is 9.64 Å². The van der Waals surface area contributed by atoms with Crippen LogP contribution in [-0.4, -0.2) is 39.6 Å². The number of halogens is 1. The molecule has 30 heavy (non-hydrogen) atoms. The molecule has 8 nitrogen and oxygen atoms in total. The first-order valence-electron chi connectivity index (χ1n) is 9.44. The van der Waals surface area contributed by atoms with E-state index in [1.54, 1.807) is 31.2 Å². The van der Waals surface area contributed by atoms with Crippen molar-refractivity contribution in [3.63, 3.8) is 0 Å². The zero-order valence-electron chi connectivity index (χ0n) is 16.4. The molecular weight excluding hydrogens is 408 g/mol. The summed E-state index contributed by atoms with van der Waals surface area (Å²) in [4.78, 5) is 32.4. The summed E-state index contributed by atoms with van der Waals surface area (Å²) in [7, 11) is 0. The molecule has 0 aliphatic carbocycles. The second-order valence-electron chi connectivity index (χ2n) is 6.70. The maximum Gasteiger partial charge on any atom is 0.332 e. The molecule has 0 spiro atoms. The minimum atomic E-state index is -0.646. The van der Waals surface area contributed by atoms with E-state index in [2.05, 4.69) is 10.1 Å². The topological polar surface area (TPSA) is 88.8 Å². The third kappa shape index (κ3) is 3.73. The van der Waals surface area contributed by atoms with E-state index >= 15 is 0 Å². The average molecular weight is 427 g/mol. The molecule has 0 radical (unpaired) electrons. The van der Waals surface area contributed by atoms with Crippen molar-refractivity contribution in [1.82, 2.24) is 15.0 Å². The van der Waals surface area contributed by atoms with Gasteiger partial charge in [0.05, 0.1) is 6.61 Å². The van der Waals surface area contributed by atoms with Gasteiger partial charge < -0.3 is 9.26 Å². The molecule has 1 atom stereocenters. The summed E-state index contributed by atoms with van der Waals surface area (Å²) in [6.07, 6.45) is 0. The zero-order valence-corrected chi connectivity index (χ0v) is 17.2. The predicted octanol–water partition coefficient (Wildman–Crippen LogP) is 4.15. The first-order chi connectivity index (χ1) is 14.5. The van der Waals surface area contributed by atoms with Crippen LogP contribution in [-0.2, 0) is 11.3 Å². The van der Waals surface area contributed by atoms with Crippen LogP contribution in [0.1, 0.15) is 19.7 Å². The fraction of sp³-hybridized carbons (Fsp3) is 0.238. The number of benzene rings is 2. The van der Waals surface area contributed by atoms with Gasteiger partial charge >= 0.3 is 6.03 Å². The average Bonchev–Trinajstić information content (AvgIpc) is 3.29. The van der Waals surface area contributed by atoms with Gasteiger partial charge in [0, 0.05) is 16.3 Å². The number of anilines is 1. The minimum absolute atomic E-state index is 0.101. The summed E-state index contributed by atoms with van der Waals surface area (Å²) < 4.78 is 10.7. The summed E-state index contributed by atoms with van der Waals surface area (Å²) in [5, 5.41) is 4.51. The standard InChI is InChI=1S/C21H19ClN4O4/c1-3-29-17-10-4-14(5-11-17)19-23-18(30-24-19)12-25-20(27)13(2)26(21(25)28)16-8-6-15(22)7-9-16/h4-11,13H,3,12H2,1-2H3. The zero-order chi connectivity index (χ0) is 21.3. The molecule has 1 saturated heterocycles. The van der Waals surface area contributed by atoms with Crippen molar-refractivity contribution in [2.45, 2.75) is 26.4 Å². The van der Waals surface area contributed by atoms with Gasteiger partial charge in [-0.25, -0.2) is 4.79 Å². The number of amides is 3. The number of rotatable bonds is 6. The van der Waals surface area contributed by atoms with Gasteiger partial charge in [-0.1, -0.05) is 16.8 Å². The molecule has 3 amide bonds. The number of carbonyl (C=O) groups excluding carboxylic acids is 2. The van der Waals surface area contributed by atoms with E-state index in [0.29, 0.717) is 23.1 Å². The molecule has 2 aromatic carbocycles. The van der Waals surface area contributed by atoms with Crippen LogP contribution >= 0.6 is 11.6 Å². The van der Waals surface area contributed by atoms with E-state index in [1.165, 1.54) is 4.90 Å². The number of hydrogen-bond acceptors (Lipinski definition) is 6. The van der Waals surface area contributed by atoms with Gasteiger partial charge in [0.2, 0.25) is 11.7 Å². The van der Waals surface area contributed by atoms with Crippen molar-refractivity contribution in [3.05, 3.63) is 59.4 Å². The van der Waals surface area contributed by atoms with E-state index in [9.17, 15) is 9.59 Å². The van der Waals surface area contributed by atoms with E-state index in [1.807, 2.05) is 31.2 Å². The number of ether oxygens (including phenoxy) is 1. The monoisotopic (exact) mass is 426 g/mol. The summed E-state index contributed by atoms with van der Waals surface area (Å²) >= 11 is 5.92. The SMILES string of the molecule is CCOc1ccc(-c2noc(CN3C(=O)C(C)N(c4ccc(Cl)cc4)C3=O)n2)cc1. The molecule has 0 N–H and O–H groups in total. The third-order valence-electron chi connectivity index (χ3n) is 4.74. The van der Waals surface area contributed by atoms with Crippen LogP contribution in [0.5, 0.6) is 5.75 Å². The Morgan fingerprint density at radius 3 is 2.47 bits per heavy atom. The highest BCUT2D eigenvalue weighted by Crippen LogP contribution is 2.28. The summed E-state index contributed by atoms with van der Waals surface area (Å²) in [6.45, 7) is 4.06. The molecule has 1 aromatic heterocycles. The van der Waals surface area contributed by atoms with Gasteiger partial charge in [-0.15, -0.1) is 0 Å². The van der Waals surface area contributed by atoms with Crippen LogP contribution in [0.3, 0.4) is 0 Å². The first-order valence-corrected chi connectivity index (χ1v) is 9.81. The Labute approximate surface area is 178 Å². The predicted molar refractivity (Wildman–Crippen MR) is 110 cm³/mol. The van der Waals surface area contributed by atoms with Crippen LogP contribution in [0.4, 0.5) is 10.5 Å². The summed E-state index contributed by atoms with van der Waals surface area (Å²) in [6, 6.07) is 12.9. The molecule has 1 fully saturated rings. The number of imide groups is 1. The normalized spacial score (nSPS) is 16.4. The summed E-state index contributed by atoms with van der Waals surface area (Å²) in [5.74, 6) is 0.950. The van der Waals surface area contributed by atoms with Gasteiger partial charge in [0.1, 0.15) is 18.3 Å². The number of carbonyl (C=O) groups is 2. The summed E-state index contributed by atoms with van der Waals surface area (Å²) in [5.41, 5.74) is 1.33. The smallest absolute Gasteiger partial charge is 0.332 e. The molecular formula is C21H19ClN4O4. The molecule has 1 unspecified atom stereocenters. The lowest BCUT2D eigenvalue weighted by Crippen LogP contribution is -2.33. The van der Waals surface area contributed by atoms with E-state index in [4.69, 9.17) is 20.9 Å². The molecule has 2 heterocycles. The highest BCUT2D eigenvalue weighted by Gasteiger charge is 2.44. The molecule has 1 aliphatic heterocycles. The van der Waals surface area contributed by atoms with Crippen LogP contribution in [0.15, 0.2) is 53.1 Å². The lowest BCUT2D eigenvalue weighted by Gasteiger charge is -2.19. The Bertz CT molecular complexity index is 1070. The number of urea groups is 1. The molecule has 154 valence electrons. The van der Waals surface area contributed by atoms with Crippen molar-refractivity contribution in [3.8, 4) is 17.1 Å². The van der Waals surface area contributed by atoms with Crippen LogP contribution in [0.2, 0.25) is 5.02 Å². The molecule has 0 bridgehead atoms. The first kappa shape index (κ1) is 19.9. The largest absolute Gasteiger partial charge is 0.494 e. The van der Waals surface area contributed by atoms with Crippen LogP contribution in [0, 0.1) is 0 Å². The van der Waals surface area contributed by atoms with Crippen molar-refractivity contribution >= 4 is 29.2 Å². The maximum absolute atomic E-state index is 12.9. The van der Waals surface area contributed by atoms with E-state index < -0.39 is 12.1 Å². The lowest BCUT2D eigenvalue weighted by molar-refractivity contribution is -0.127. The number of hydrogen-bond donors (Lipinski definition) is 0. The highest BCUT2D eigenvalue weighted by atomic mass is 35.5. The Balaban J connectivity index is 1.51. The maximum atomic E-state index is 12.9. The van der Waals surface area contributed by atoms with Crippen LogP contribution in [0.25, 0.3) is 11.4 Å². The number of aromatic nitrogens is 2. The Morgan fingerprint density at radius 1 is 1.10 bits per heavy atom. The Kier molecular flexibility index (Phi) is 5.41. The van der Waals surface area contributed by atoms with E-state index in [0.717, 1.165) is 16.2 Å². The van der Waals surface area contributed by atoms with Gasteiger partial charge in [-0.05, 0) is 62.4 Å². The highest BCUT2D eigenvalue weighted by molar-refractivity contribution is 6.30. The van der Waals surface area contributed by atoms with Crippen molar-refractivity contribution < 1.29 is 18.8 Å². The molecule has 1 aliphatic rings. The van der Waals surface area contributed by atoms with E-state index in [-0.39, 0.29) is 18.3 Å². The fourth-order valence-electron chi connectivity index (χ4n) is 3.25. The second-order valence-corrected chi connectivity index (χ2v) is 7.13. The van der Waals surface area contributed by atoms with Crippen molar-refractivity contribution in [2.24, 2.45) is 0 Å². The molecule has 3 aromatic rings. The molecule has 9 heteroatoms. The van der Waals surface area contributed by atoms with Gasteiger partial charge in [0.15, 0.2) is 0 Å². The van der Waals surface area contributed by atoms with Crippen molar-refractivity contribution in [2.75, 3.05) is 11.5 Å². The number of nitrogens with zero attached hydrogens (tertiary/aromatic N) is 4. The van der Waals surface area contributed by atoms with Gasteiger partial charge in [-0.3, -0.25) is 14.6 Å². The third-order valence-corrected chi connectivity index (χ3v) is 4.99. The Hall–Kier alpha value is -3.39. The second kappa shape index (κ2) is 8.16. The van der Waals surface area contributed by atoms with Crippen molar-refractivity contribution in [1.29, 1.82) is 0 Å².